The molecule has 3 heterocycles. The standard InChI is InChI=1S/C22H17N3O4S2/c1-28-16-6-2-13(3-7-16)21-25(19(26)12-30-21)22-24-18(11-31-22)23-15-5-8-17-14(10-15)4-9-20(27)29-17/h2-11,21,23H,12H2,1H3. The molecule has 1 amide bonds. The van der Waals surface area contributed by atoms with E-state index in [-0.39, 0.29) is 16.9 Å². The van der Waals surface area contributed by atoms with Gasteiger partial charge in [-0.2, -0.15) is 0 Å². The maximum Gasteiger partial charge on any atom is 0.336 e. The highest BCUT2D eigenvalue weighted by Crippen LogP contribution is 2.43. The molecule has 0 saturated carbocycles. The summed E-state index contributed by atoms with van der Waals surface area (Å²) in [5.41, 5.74) is 1.99. The van der Waals surface area contributed by atoms with Crippen molar-refractivity contribution in [1.82, 2.24) is 4.98 Å². The Labute approximate surface area is 185 Å². The van der Waals surface area contributed by atoms with Crippen LogP contribution < -0.4 is 20.6 Å². The first-order valence-corrected chi connectivity index (χ1v) is 11.4. The van der Waals surface area contributed by atoms with Gasteiger partial charge in [-0.1, -0.05) is 12.1 Å². The molecule has 0 bridgehead atoms. The number of amides is 1. The van der Waals surface area contributed by atoms with Crippen molar-refractivity contribution in [1.29, 1.82) is 0 Å². The van der Waals surface area contributed by atoms with Gasteiger partial charge in [-0.3, -0.25) is 9.69 Å². The van der Waals surface area contributed by atoms with E-state index in [0.717, 1.165) is 22.4 Å². The third-order valence-corrected chi connectivity index (χ3v) is 6.91. The van der Waals surface area contributed by atoms with E-state index in [4.69, 9.17) is 9.15 Å². The number of hydrogen-bond donors (Lipinski definition) is 1. The Morgan fingerprint density at radius 2 is 1.97 bits per heavy atom. The van der Waals surface area contributed by atoms with Crippen molar-refractivity contribution >= 4 is 56.6 Å². The fraction of sp³-hybridized carbons (Fsp3) is 0.136. The van der Waals surface area contributed by atoms with Crippen LogP contribution in [-0.2, 0) is 4.79 Å². The summed E-state index contributed by atoms with van der Waals surface area (Å²) in [6, 6.07) is 16.3. The van der Waals surface area contributed by atoms with Gasteiger partial charge in [0.25, 0.3) is 0 Å². The molecule has 0 aliphatic carbocycles. The molecule has 9 heteroatoms. The van der Waals surface area contributed by atoms with Gasteiger partial charge in [-0.15, -0.1) is 23.1 Å². The van der Waals surface area contributed by atoms with Crippen LogP contribution in [0.4, 0.5) is 16.6 Å². The van der Waals surface area contributed by atoms with Gasteiger partial charge in [-0.05, 0) is 42.0 Å². The van der Waals surface area contributed by atoms with Crippen LogP contribution in [0.1, 0.15) is 10.9 Å². The van der Waals surface area contributed by atoms with Gasteiger partial charge < -0.3 is 14.5 Å². The van der Waals surface area contributed by atoms with Gasteiger partial charge in [-0.25, -0.2) is 9.78 Å². The lowest BCUT2D eigenvalue weighted by Crippen LogP contribution is -2.27. The zero-order chi connectivity index (χ0) is 21.4. The number of thioether (sulfide) groups is 1. The molecular weight excluding hydrogens is 434 g/mol. The largest absolute Gasteiger partial charge is 0.497 e. The molecular formula is C22H17N3O4S2. The van der Waals surface area contributed by atoms with Crippen LogP contribution in [0.25, 0.3) is 11.0 Å². The molecule has 2 aromatic heterocycles. The number of fused-ring (bicyclic) bond motifs is 1. The molecule has 1 atom stereocenters. The zero-order valence-electron chi connectivity index (χ0n) is 16.4. The molecule has 1 N–H and O–H groups in total. The maximum atomic E-state index is 12.6. The highest BCUT2D eigenvalue weighted by Gasteiger charge is 2.35. The summed E-state index contributed by atoms with van der Waals surface area (Å²) < 4.78 is 10.4. The maximum absolute atomic E-state index is 12.6. The van der Waals surface area contributed by atoms with Crippen LogP contribution in [0.2, 0.25) is 0 Å². The predicted molar refractivity (Wildman–Crippen MR) is 124 cm³/mol. The highest BCUT2D eigenvalue weighted by atomic mass is 32.2. The summed E-state index contributed by atoms with van der Waals surface area (Å²) in [5, 5.41) is 6.47. The number of anilines is 3. The second kappa shape index (κ2) is 8.09. The van der Waals surface area contributed by atoms with E-state index >= 15 is 0 Å². The van der Waals surface area contributed by atoms with Crippen LogP contribution >= 0.6 is 23.1 Å². The number of nitrogens with zero attached hydrogens (tertiary/aromatic N) is 2. The third kappa shape index (κ3) is 3.89. The summed E-state index contributed by atoms with van der Waals surface area (Å²) >= 11 is 3.00. The van der Waals surface area contributed by atoms with Gasteiger partial charge in [0.1, 0.15) is 22.5 Å². The molecule has 1 saturated heterocycles. The van der Waals surface area contributed by atoms with E-state index in [0.29, 0.717) is 22.3 Å². The first-order chi connectivity index (χ1) is 15.1. The Hall–Kier alpha value is -3.30. The summed E-state index contributed by atoms with van der Waals surface area (Å²) in [4.78, 5) is 30.3. The minimum atomic E-state index is -0.378. The van der Waals surface area contributed by atoms with Crippen molar-refractivity contribution in [2.45, 2.75) is 5.37 Å². The van der Waals surface area contributed by atoms with Crippen molar-refractivity contribution < 1.29 is 13.9 Å². The highest BCUT2D eigenvalue weighted by molar-refractivity contribution is 8.00. The van der Waals surface area contributed by atoms with Crippen molar-refractivity contribution in [2.75, 3.05) is 23.1 Å². The van der Waals surface area contributed by atoms with E-state index in [1.165, 1.54) is 17.4 Å². The smallest absolute Gasteiger partial charge is 0.336 e. The van der Waals surface area contributed by atoms with E-state index in [2.05, 4.69) is 10.3 Å². The van der Waals surface area contributed by atoms with E-state index in [1.54, 1.807) is 35.9 Å². The van der Waals surface area contributed by atoms with E-state index in [9.17, 15) is 9.59 Å². The van der Waals surface area contributed by atoms with Crippen LogP contribution in [0.3, 0.4) is 0 Å². The summed E-state index contributed by atoms with van der Waals surface area (Å²) in [7, 11) is 1.63. The molecule has 7 nitrogen and oxygen atoms in total. The predicted octanol–water partition coefficient (Wildman–Crippen LogP) is 4.78. The monoisotopic (exact) mass is 451 g/mol. The van der Waals surface area contributed by atoms with Gasteiger partial charge >= 0.3 is 5.63 Å². The van der Waals surface area contributed by atoms with Crippen LogP contribution in [0.5, 0.6) is 5.75 Å². The van der Waals surface area contributed by atoms with Crippen LogP contribution in [-0.4, -0.2) is 23.8 Å². The number of nitrogens with one attached hydrogen (secondary N) is 1. The molecule has 2 aromatic carbocycles. The second-order valence-electron chi connectivity index (χ2n) is 6.85. The number of rotatable bonds is 5. The summed E-state index contributed by atoms with van der Waals surface area (Å²) in [6.45, 7) is 0. The fourth-order valence-electron chi connectivity index (χ4n) is 3.38. The Balaban J connectivity index is 1.39. The molecule has 4 aromatic rings. The van der Waals surface area contributed by atoms with Crippen molar-refractivity contribution in [2.24, 2.45) is 0 Å². The minimum Gasteiger partial charge on any atom is -0.497 e. The average molecular weight is 452 g/mol. The quantitative estimate of drug-likeness (QED) is 0.437. The fourth-order valence-corrected chi connectivity index (χ4v) is 5.40. The number of carbonyl (C=O) groups excluding carboxylic acids is 1. The number of hydrogen-bond acceptors (Lipinski definition) is 8. The van der Waals surface area contributed by atoms with Crippen molar-refractivity contribution in [3.05, 3.63) is 76.0 Å². The first kappa shape index (κ1) is 19.7. The van der Waals surface area contributed by atoms with Gasteiger partial charge in [0.2, 0.25) is 5.91 Å². The van der Waals surface area contributed by atoms with Gasteiger partial charge in [0.15, 0.2) is 5.13 Å². The van der Waals surface area contributed by atoms with E-state index < -0.39 is 0 Å². The van der Waals surface area contributed by atoms with Gasteiger partial charge in [0.05, 0.1) is 12.9 Å². The second-order valence-corrected chi connectivity index (χ2v) is 8.75. The van der Waals surface area contributed by atoms with Gasteiger partial charge in [0, 0.05) is 22.5 Å². The molecule has 0 spiro atoms. The molecule has 156 valence electrons. The lowest BCUT2D eigenvalue weighted by atomic mass is 10.2. The molecule has 31 heavy (non-hydrogen) atoms. The Morgan fingerprint density at radius 1 is 1.13 bits per heavy atom. The molecule has 1 aliphatic heterocycles. The normalized spacial score (nSPS) is 16.1. The molecule has 1 unspecified atom stereocenters. The number of ether oxygens (including phenoxy) is 1. The molecule has 5 rings (SSSR count). The molecule has 1 aliphatic rings. The van der Waals surface area contributed by atoms with Crippen molar-refractivity contribution in [3.8, 4) is 5.75 Å². The SMILES string of the molecule is COc1ccc(C2SCC(=O)N2c2nc(Nc3ccc4oc(=O)ccc4c3)cs2)cc1. The Bertz CT molecular complexity index is 1320. The van der Waals surface area contributed by atoms with E-state index in [1.807, 2.05) is 41.8 Å². The number of thiazole rings is 1. The number of methoxy groups -OCH3 is 1. The van der Waals surface area contributed by atoms with Crippen LogP contribution in [0, 0.1) is 0 Å². The summed E-state index contributed by atoms with van der Waals surface area (Å²) in [5.74, 6) is 1.87. The van der Waals surface area contributed by atoms with Crippen LogP contribution in [0.15, 0.2) is 69.2 Å². The first-order valence-electron chi connectivity index (χ1n) is 9.45. The third-order valence-electron chi connectivity index (χ3n) is 4.86. The molecule has 1 fully saturated rings. The molecule has 0 radical (unpaired) electrons. The lowest BCUT2D eigenvalue weighted by molar-refractivity contribution is -0.115. The lowest BCUT2D eigenvalue weighted by Gasteiger charge is -2.21. The van der Waals surface area contributed by atoms with Crippen molar-refractivity contribution in [3.63, 3.8) is 0 Å². The summed E-state index contributed by atoms with van der Waals surface area (Å²) in [6.07, 6.45) is 0. The minimum absolute atomic E-state index is 0.0347. The topological polar surface area (TPSA) is 84.7 Å². The Kier molecular flexibility index (Phi) is 5.13. The Morgan fingerprint density at radius 3 is 2.77 bits per heavy atom. The zero-order valence-corrected chi connectivity index (χ0v) is 18.0. The average Bonchev–Trinajstić information content (AvgIpc) is 3.40. The number of carbonyl (C=O) groups is 1. The number of aromatic nitrogens is 1. The number of benzene rings is 2.